The van der Waals surface area contributed by atoms with Crippen molar-refractivity contribution >= 4 is 41.5 Å². The van der Waals surface area contributed by atoms with Crippen LogP contribution in [-0.4, -0.2) is 40.8 Å². The maximum Gasteiger partial charge on any atom is 0.193 e. The van der Waals surface area contributed by atoms with Crippen molar-refractivity contribution in [3.63, 3.8) is 0 Å². The van der Waals surface area contributed by atoms with E-state index in [9.17, 15) is 4.39 Å². The standard InChI is InChI=1S/C17H23ClFN5.HI/c1-4-20-17(23(2)11-13-10-22-24(3)12-13)21-9-8-14-15(18)6-5-7-16(14)19;/h5-7,10,12H,4,8-9,11H2,1-3H3,(H,20,21);1H. The molecule has 138 valence electrons. The molecule has 0 aliphatic rings. The zero-order chi connectivity index (χ0) is 17.5. The number of halogens is 3. The number of hydrogen-bond donors (Lipinski definition) is 1. The third-order valence-electron chi connectivity index (χ3n) is 3.56. The zero-order valence-electron chi connectivity index (χ0n) is 14.7. The molecule has 1 aromatic heterocycles. The van der Waals surface area contributed by atoms with Gasteiger partial charge in [-0.25, -0.2) is 4.39 Å². The largest absolute Gasteiger partial charge is 0.357 e. The van der Waals surface area contributed by atoms with Crippen molar-refractivity contribution in [1.82, 2.24) is 20.0 Å². The Morgan fingerprint density at radius 1 is 1.44 bits per heavy atom. The van der Waals surface area contributed by atoms with Gasteiger partial charge in [-0.3, -0.25) is 9.67 Å². The predicted molar refractivity (Wildman–Crippen MR) is 111 cm³/mol. The molecular weight excluding hydrogens is 456 g/mol. The van der Waals surface area contributed by atoms with E-state index >= 15 is 0 Å². The zero-order valence-corrected chi connectivity index (χ0v) is 17.8. The van der Waals surface area contributed by atoms with Gasteiger partial charge < -0.3 is 10.2 Å². The molecule has 0 bridgehead atoms. The number of hydrogen-bond acceptors (Lipinski definition) is 2. The molecule has 0 spiro atoms. The first kappa shape index (κ1) is 21.7. The Hall–Kier alpha value is -1.35. The lowest BCUT2D eigenvalue weighted by molar-refractivity contribution is 0.476. The summed E-state index contributed by atoms with van der Waals surface area (Å²) in [6, 6.07) is 4.73. The van der Waals surface area contributed by atoms with Crippen molar-refractivity contribution in [2.75, 3.05) is 20.1 Å². The smallest absolute Gasteiger partial charge is 0.193 e. The number of nitrogens with one attached hydrogen (secondary N) is 1. The summed E-state index contributed by atoms with van der Waals surface area (Å²) >= 11 is 6.05. The van der Waals surface area contributed by atoms with Crippen LogP contribution in [0.25, 0.3) is 0 Å². The van der Waals surface area contributed by atoms with Crippen molar-refractivity contribution in [3.8, 4) is 0 Å². The van der Waals surface area contributed by atoms with Crippen LogP contribution in [-0.2, 0) is 20.0 Å². The Bertz CT molecular complexity index is 684. The van der Waals surface area contributed by atoms with Gasteiger partial charge in [0.05, 0.1) is 6.20 Å². The van der Waals surface area contributed by atoms with E-state index in [1.165, 1.54) is 6.07 Å². The first-order valence-electron chi connectivity index (χ1n) is 7.91. The fourth-order valence-electron chi connectivity index (χ4n) is 2.42. The normalized spacial score (nSPS) is 11.2. The van der Waals surface area contributed by atoms with E-state index in [2.05, 4.69) is 15.4 Å². The molecule has 8 heteroatoms. The minimum atomic E-state index is -0.286. The molecule has 0 amide bonds. The maximum atomic E-state index is 13.8. The Kier molecular flexibility index (Phi) is 9.20. The van der Waals surface area contributed by atoms with Crippen LogP contribution in [0.15, 0.2) is 35.6 Å². The van der Waals surface area contributed by atoms with E-state index in [0.29, 0.717) is 30.1 Å². The van der Waals surface area contributed by atoms with Gasteiger partial charge in [-0.2, -0.15) is 5.10 Å². The highest BCUT2D eigenvalue weighted by molar-refractivity contribution is 14.0. The highest BCUT2D eigenvalue weighted by Crippen LogP contribution is 2.19. The summed E-state index contributed by atoms with van der Waals surface area (Å²) in [5, 5.41) is 7.86. The Morgan fingerprint density at radius 3 is 2.80 bits per heavy atom. The molecule has 0 aliphatic heterocycles. The Morgan fingerprint density at radius 2 is 2.20 bits per heavy atom. The van der Waals surface area contributed by atoms with Crippen LogP contribution in [0.3, 0.4) is 0 Å². The second kappa shape index (κ2) is 10.6. The predicted octanol–water partition coefficient (Wildman–Crippen LogP) is 3.47. The molecule has 0 saturated carbocycles. The summed E-state index contributed by atoms with van der Waals surface area (Å²) in [7, 11) is 3.85. The van der Waals surface area contributed by atoms with Crippen LogP contribution < -0.4 is 5.32 Å². The highest BCUT2D eigenvalue weighted by atomic mass is 127. The molecule has 1 aromatic carbocycles. The molecule has 0 radical (unpaired) electrons. The third-order valence-corrected chi connectivity index (χ3v) is 3.91. The molecular formula is C17H24ClFIN5. The van der Waals surface area contributed by atoms with Crippen molar-refractivity contribution < 1.29 is 4.39 Å². The van der Waals surface area contributed by atoms with E-state index in [0.717, 1.165) is 18.1 Å². The quantitative estimate of drug-likeness (QED) is 0.392. The van der Waals surface area contributed by atoms with Gasteiger partial charge in [-0.05, 0) is 25.5 Å². The third kappa shape index (κ3) is 6.47. The minimum Gasteiger partial charge on any atom is -0.357 e. The van der Waals surface area contributed by atoms with Gasteiger partial charge in [0.15, 0.2) is 5.96 Å². The van der Waals surface area contributed by atoms with Crippen molar-refractivity contribution in [2.45, 2.75) is 19.9 Å². The second-order valence-electron chi connectivity index (χ2n) is 5.56. The summed E-state index contributed by atoms with van der Waals surface area (Å²) in [5.41, 5.74) is 1.61. The molecule has 1 heterocycles. The number of aliphatic imine (C=N–C) groups is 1. The summed E-state index contributed by atoms with van der Waals surface area (Å²) in [6.45, 7) is 3.93. The van der Waals surface area contributed by atoms with Gasteiger partial charge >= 0.3 is 0 Å². The number of aromatic nitrogens is 2. The average molecular weight is 480 g/mol. The van der Waals surface area contributed by atoms with Crippen LogP contribution >= 0.6 is 35.6 Å². The molecule has 0 fully saturated rings. The van der Waals surface area contributed by atoms with Gasteiger partial charge in [0, 0.05) is 56.1 Å². The molecule has 2 rings (SSSR count). The second-order valence-corrected chi connectivity index (χ2v) is 5.97. The van der Waals surface area contributed by atoms with E-state index in [-0.39, 0.29) is 29.8 Å². The fraction of sp³-hybridized carbons (Fsp3) is 0.412. The molecule has 0 aliphatic carbocycles. The Balaban J connectivity index is 0.00000312. The van der Waals surface area contributed by atoms with Crippen molar-refractivity contribution in [1.29, 1.82) is 0 Å². The Labute approximate surface area is 170 Å². The van der Waals surface area contributed by atoms with E-state index in [1.807, 2.05) is 38.3 Å². The first-order valence-corrected chi connectivity index (χ1v) is 8.29. The summed E-state index contributed by atoms with van der Waals surface area (Å²) in [6.07, 6.45) is 4.26. The number of aryl methyl sites for hydroxylation is 1. The lowest BCUT2D eigenvalue weighted by Gasteiger charge is -2.21. The minimum absolute atomic E-state index is 0. The maximum absolute atomic E-state index is 13.8. The SMILES string of the molecule is CCNC(=NCCc1c(F)cccc1Cl)N(C)Cc1cnn(C)c1.I. The van der Waals surface area contributed by atoms with Crippen molar-refractivity contribution in [2.24, 2.45) is 12.0 Å². The molecule has 2 aromatic rings. The number of nitrogens with zero attached hydrogens (tertiary/aromatic N) is 4. The van der Waals surface area contributed by atoms with Gasteiger partial charge in [0.1, 0.15) is 5.82 Å². The monoisotopic (exact) mass is 479 g/mol. The highest BCUT2D eigenvalue weighted by Gasteiger charge is 2.09. The summed E-state index contributed by atoms with van der Waals surface area (Å²) < 4.78 is 15.6. The van der Waals surface area contributed by atoms with Crippen LogP contribution in [0, 0.1) is 5.82 Å². The van der Waals surface area contributed by atoms with E-state index in [1.54, 1.807) is 16.8 Å². The van der Waals surface area contributed by atoms with Crippen LogP contribution in [0.4, 0.5) is 4.39 Å². The van der Waals surface area contributed by atoms with Crippen LogP contribution in [0.2, 0.25) is 5.02 Å². The lowest BCUT2D eigenvalue weighted by atomic mass is 10.1. The van der Waals surface area contributed by atoms with E-state index < -0.39 is 0 Å². The number of benzene rings is 1. The van der Waals surface area contributed by atoms with E-state index in [4.69, 9.17) is 11.6 Å². The fourth-order valence-corrected chi connectivity index (χ4v) is 2.67. The molecule has 0 saturated heterocycles. The molecule has 0 unspecified atom stereocenters. The van der Waals surface area contributed by atoms with Gasteiger partial charge in [0.2, 0.25) is 0 Å². The van der Waals surface area contributed by atoms with Gasteiger partial charge in [0.25, 0.3) is 0 Å². The average Bonchev–Trinajstić information content (AvgIpc) is 2.94. The number of rotatable bonds is 6. The summed E-state index contributed by atoms with van der Waals surface area (Å²) in [4.78, 5) is 6.59. The van der Waals surface area contributed by atoms with Crippen LogP contribution in [0.5, 0.6) is 0 Å². The number of guanidine groups is 1. The topological polar surface area (TPSA) is 45.5 Å². The van der Waals surface area contributed by atoms with Gasteiger partial charge in [-0.1, -0.05) is 17.7 Å². The van der Waals surface area contributed by atoms with Crippen molar-refractivity contribution in [3.05, 3.63) is 52.6 Å². The first-order chi connectivity index (χ1) is 11.5. The molecule has 25 heavy (non-hydrogen) atoms. The summed E-state index contributed by atoms with van der Waals surface area (Å²) in [5.74, 6) is 0.486. The van der Waals surface area contributed by atoms with Crippen LogP contribution in [0.1, 0.15) is 18.1 Å². The van der Waals surface area contributed by atoms with Gasteiger partial charge in [-0.15, -0.1) is 24.0 Å². The lowest BCUT2D eigenvalue weighted by Crippen LogP contribution is -2.38. The molecule has 0 atom stereocenters. The molecule has 1 N–H and O–H groups in total. The molecule has 5 nitrogen and oxygen atoms in total.